The smallest absolute Gasteiger partial charge is 0.309 e. The zero-order valence-corrected chi connectivity index (χ0v) is 20.7. The Labute approximate surface area is 210 Å². The standard InChI is InChI=1S/C30H30N4O2/c1-2-3-4-5-6-7-14-36-30(35)21-15-19-17-24-25(18-20(19)16-21)34-29-23-11-9-13-32-27(23)26-22(28(29)33-24)10-8-12-31-26/h8-13,17-18,21H,2-7,14-16H2,1H3. The predicted octanol–water partition coefficient (Wildman–Crippen LogP) is 6.50. The van der Waals surface area contributed by atoms with Crippen LogP contribution in [-0.2, 0) is 22.4 Å². The Morgan fingerprint density at radius 1 is 0.806 bits per heavy atom. The van der Waals surface area contributed by atoms with Crippen LogP contribution in [0, 0.1) is 5.92 Å². The molecule has 0 N–H and O–H groups in total. The maximum absolute atomic E-state index is 12.8. The van der Waals surface area contributed by atoms with Crippen LogP contribution < -0.4 is 0 Å². The van der Waals surface area contributed by atoms with Gasteiger partial charge in [-0.3, -0.25) is 14.8 Å². The second-order valence-corrected chi connectivity index (χ2v) is 9.87. The van der Waals surface area contributed by atoms with E-state index in [1.807, 2.05) is 24.3 Å². The highest BCUT2D eigenvalue weighted by Gasteiger charge is 2.29. The molecular formula is C30H30N4O2. The topological polar surface area (TPSA) is 77.9 Å². The Balaban J connectivity index is 1.27. The van der Waals surface area contributed by atoms with Crippen LogP contribution in [0.25, 0.3) is 43.9 Å². The molecule has 5 aromatic rings. The molecule has 0 radical (unpaired) electrons. The van der Waals surface area contributed by atoms with Crippen LogP contribution in [0.5, 0.6) is 0 Å². The number of fused-ring (bicyclic) bond motifs is 8. The molecule has 0 saturated heterocycles. The third-order valence-electron chi connectivity index (χ3n) is 7.34. The van der Waals surface area contributed by atoms with Gasteiger partial charge in [0.05, 0.1) is 45.6 Å². The first-order valence-electron chi connectivity index (χ1n) is 13.1. The second-order valence-electron chi connectivity index (χ2n) is 9.87. The van der Waals surface area contributed by atoms with Gasteiger partial charge in [0.25, 0.3) is 0 Å². The Hall–Kier alpha value is -3.67. The summed E-state index contributed by atoms with van der Waals surface area (Å²) in [6, 6.07) is 12.1. The average Bonchev–Trinajstić information content (AvgIpc) is 3.33. The van der Waals surface area contributed by atoms with Crippen LogP contribution in [0.4, 0.5) is 0 Å². The summed E-state index contributed by atoms with van der Waals surface area (Å²) >= 11 is 0. The van der Waals surface area contributed by atoms with Gasteiger partial charge in [0.15, 0.2) is 0 Å². The number of ether oxygens (including phenoxy) is 1. The van der Waals surface area contributed by atoms with Crippen LogP contribution in [-0.4, -0.2) is 32.5 Å². The van der Waals surface area contributed by atoms with Gasteiger partial charge >= 0.3 is 5.97 Å². The number of nitrogens with zero attached hydrogens (tertiary/aromatic N) is 4. The van der Waals surface area contributed by atoms with Gasteiger partial charge in [-0.25, -0.2) is 9.97 Å². The molecule has 0 amide bonds. The second kappa shape index (κ2) is 9.76. The maximum atomic E-state index is 12.8. The molecule has 0 saturated carbocycles. The summed E-state index contributed by atoms with van der Waals surface area (Å²) in [6.07, 6.45) is 12.1. The lowest BCUT2D eigenvalue weighted by atomic mass is 10.1. The van der Waals surface area contributed by atoms with E-state index in [2.05, 4.69) is 29.0 Å². The summed E-state index contributed by atoms with van der Waals surface area (Å²) in [7, 11) is 0. The third kappa shape index (κ3) is 4.15. The quantitative estimate of drug-likeness (QED) is 0.110. The van der Waals surface area contributed by atoms with E-state index in [-0.39, 0.29) is 11.9 Å². The van der Waals surface area contributed by atoms with Gasteiger partial charge in [0.1, 0.15) is 0 Å². The highest BCUT2D eigenvalue weighted by molar-refractivity contribution is 6.21. The van der Waals surface area contributed by atoms with Crippen molar-refractivity contribution in [2.45, 2.75) is 58.3 Å². The monoisotopic (exact) mass is 478 g/mol. The number of benzene rings is 2. The Bertz CT molecular complexity index is 1490. The number of hydrogen-bond acceptors (Lipinski definition) is 6. The minimum absolute atomic E-state index is 0.0796. The fourth-order valence-corrected chi connectivity index (χ4v) is 5.46. The number of esters is 1. The van der Waals surface area contributed by atoms with Crippen molar-refractivity contribution in [2.24, 2.45) is 5.92 Å². The fourth-order valence-electron chi connectivity index (χ4n) is 5.46. The maximum Gasteiger partial charge on any atom is 0.309 e. The largest absolute Gasteiger partial charge is 0.465 e. The normalized spacial score (nSPS) is 13.7. The third-order valence-corrected chi connectivity index (χ3v) is 7.34. The zero-order valence-electron chi connectivity index (χ0n) is 20.7. The van der Waals surface area contributed by atoms with Crippen molar-refractivity contribution >= 4 is 49.8 Å². The van der Waals surface area contributed by atoms with Crippen LogP contribution >= 0.6 is 0 Å². The average molecular weight is 479 g/mol. The number of carbonyl (C=O) groups excluding carboxylic acids is 1. The molecule has 1 aliphatic carbocycles. The van der Waals surface area contributed by atoms with Gasteiger partial charge < -0.3 is 4.74 Å². The van der Waals surface area contributed by atoms with E-state index >= 15 is 0 Å². The summed E-state index contributed by atoms with van der Waals surface area (Å²) < 4.78 is 5.64. The van der Waals surface area contributed by atoms with Crippen molar-refractivity contribution in [3.8, 4) is 0 Å². The summed E-state index contributed by atoms with van der Waals surface area (Å²) in [4.78, 5) is 32.0. The first-order valence-corrected chi connectivity index (χ1v) is 13.1. The highest BCUT2D eigenvalue weighted by atomic mass is 16.5. The van der Waals surface area contributed by atoms with Gasteiger partial charge in [0.2, 0.25) is 0 Å². The number of pyridine rings is 2. The fraction of sp³-hybridized carbons (Fsp3) is 0.367. The minimum Gasteiger partial charge on any atom is -0.465 e. The molecular weight excluding hydrogens is 448 g/mol. The summed E-state index contributed by atoms with van der Waals surface area (Å²) in [5.74, 6) is -0.203. The molecule has 0 atom stereocenters. The van der Waals surface area contributed by atoms with Gasteiger partial charge in [-0.1, -0.05) is 39.0 Å². The van der Waals surface area contributed by atoms with Crippen molar-refractivity contribution in [2.75, 3.05) is 6.61 Å². The van der Waals surface area contributed by atoms with Crippen molar-refractivity contribution < 1.29 is 9.53 Å². The van der Waals surface area contributed by atoms with Crippen molar-refractivity contribution in [1.82, 2.24) is 19.9 Å². The van der Waals surface area contributed by atoms with Crippen LogP contribution in [0.2, 0.25) is 0 Å². The molecule has 6 rings (SSSR count). The molecule has 3 aromatic heterocycles. The van der Waals surface area contributed by atoms with Gasteiger partial charge in [-0.05, 0) is 66.8 Å². The van der Waals surface area contributed by atoms with Crippen LogP contribution in [0.15, 0.2) is 48.8 Å². The van der Waals surface area contributed by atoms with Crippen LogP contribution in [0.3, 0.4) is 0 Å². The predicted molar refractivity (Wildman–Crippen MR) is 143 cm³/mol. The van der Waals surface area contributed by atoms with Crippen LogP contribution in [0.1, 0.15) is 56.6 Å². The molecule has 0 fully saturated rings. The molecule has 2 aromatic carbocycles. The number of hydrogen-bond donors (Lipinski definition) is 0. The van der Waals surface area contributed by atoms with Crippen molar-refractivity contribution in [1.29, 1.82) is 0 Å². The molecule has 3 heterocycles. The SMILES string of the molecule is CCCCCCCCOC(=O)C1Cc2cc3nc4c5cccnc5c5ncccc5c4nc3cc2C1. The molecule has 0 unspecified atom stereocenters. The molecule has 0 spiro atoms. The van der Waals surface area contributed by atoms with Gasteiger partial charge in [-0.2, -0.15) is 0 Å². The van der Waals surface area contributed by atoms with E-state index < -0.39 is 0 Å². The number of carbonyl (C=O) groups is 1. The molecule has 36 heavy (non-hydrogen) atoms. The minimum atomic E-state index is -0.124. The first kappa shape index (κ1) is 22.8. The Morgan fingerprint density at radius 3 is 1.94 bits per heavy atom. The molecule has 182 valence electrons. The van der Waals surface area contributed by atoms with E-state index in [0.29, 0.717) is 19.4 Å². The first-order chi connectivity index (χ1) is 17.7. The van der Waals surface area contributed by atoms with Crippen molar-refractivity contribution in [3.63, 3.8) is 0 Å². The summed E-state index contributed by atoms with van der Waals surface area (Å²) in [5.41, 5.74) is 7.36. The molecule has 6 nitrogen and oxygen atoms in total. The molecule has 0 aliphatic heterocycles. The van der Waals surface area contributed by atoms with E-state index in [0.717, 1.165) is 56.7 Å². The Morgan fingerprint density at radius 2 is 1.36 bits per heavy atom. The van der Waals surface area contributed by atoms with Gasteiger partial charge in [0, 0.05) is 23.2 Å². The highest BCUT2D eigenvalue weighted by Crippen LogP contribution is 2.34. The lowest BCUT2D eigenvalue weighted by Crippen LogP contribution is -2.18. The van der Waals surface area contributed by atoms with Crippen molar-refractivity contribution in [3.05, 3.63) is 59.9 Å². The number of aromatic nitrogens is 4. The number of rotatable bonds is 8. The zero-order chi connectivity index (χ0) is 24.5. The lowest BCUT2D eigenvalue weighted by Gasteiger charge is -2.09. The lowest BCUT2D eigenvalue weighted by molar-refractivity contribution is -0.148. The Kier molecular flexibility index (Phi) is 6.18. The van der Waals surface area contributed by atoms with E-state index in [1.54, 1.807) is 12.4 Å². The summed E-state index contributed by atoms with van der Waals surface area (Å²) in [6.45, 7) is 2.74. The van der Waals surface area contributed by atoms with E-state index in [9.17, 15) is 4.79 Å². The summed E-state index contributed by atoms with van der Waals surface area (Å²) in [5, 5.41) is 1.90. The van der Waals surface area contributed by atoms with E-state index in [1.165, 1.54) is 36.8 Å². The van der Waals surface area contributed by atoms with Gasteiger partial charge in [-0.15, -0.1) is 0 Å². The van der Waals surface area contributed by atoms with E-state index in [4.69, 9.17) is 14.7 Å². The molecule has 6 heteroatoms. The molecule has 1 aliphatic rings. The number of unbranched alkanes of at least 4 members (excludes halogenated alkanes) is 5. The molecule has 0 bridgehead atoms.